The number of unbranched alkanes of at least 4 members (excludes halogenated alkanes) is 1. The van der Waals surface area contributed by atoms with E-state index in [4.69, 9.17) is 5.11 Å². The van der Waals surface area contributed by atoms with Crippen molar-refractivity contribution in [1.29, 1.82) is 0 Å². The standard InChI is InChI=1S/C15H16N2O3/c1-2-3-4-10-5-7-11(8-6-10)13-12(14(18)19)9-16-15(20)17-13/h5-9H,2-4H2,1H3,(H,18,19)(H,16,17,20). The highest BCUT2D eigenvalue weighted by molar-refractivity contribution is 5.94. The van der Waals surface area contributed by atoms with Crippen LogP contribution in [0.2, 0.25) is 0 Å². The molecule has 2 aromatic rings. The van der Waals surface area contributed by atoms with Crippen molar-refractivity contribution >= 4 is 5.97 Å². The zero-order chi connectivity index (χ0) is 14.5. The number of carboxylic acids is 1. The molecule has 5 nitrogen and oxygen atoms in total. The first-order valence-corrected chi connectivity index (χ1v) is 6.53. The van der Waals surface area contributed by atoms with Crippen molar-refractivity contribution in [2.45, 2.75) is 26.2 Å². The molecule has 0 spiro atoms. The third kappa shape index (κ3) is 3.12. The molecule has 1 heterocycles. The monoisotopic (exact) mass is 272 g/mol. The van der Waals surface area contributed by atoms with Gasteiger partial charge in [-0.05, 0) is 24.0 Å². The smallest absolute Gasteiger partial charge is 0.345 e. The largest absolute Gasteiger partial charge is 0.478 e. The van der Waals surface area contributed by atoms with Crippen LogP contribution in [0.15, 0.2) is 35.3 Å². The maximum atomic E-state index is 11.3. The molecule has 0 aliphatic carbocycles. The van der Waals surface area contributed by atoms with E-state index in [9.17, 15) is 9.59 Å². The molecule has 0 saturated heterocycles. The Balaban J connectivity index is 2.38. The average molecular weight is 272 g/mol. The van der Waals surface area contributed by atoms with Crippen molar-refractivity contribution in [2.24, 2.45) is 0 Å². The molecule has 0 aliphatic rings. The summed E-state index contributed by atoms with van der Waals surface area (Å²) in [4.78, 5) is 28.4. The fourth-order valence-electron chi connectivity index (χ4n) is 2.00. The molecule has 0 atom stereocenters. The van der Waals surface area contributed by atoms with Gasteiger partial charge in [0.15, 0.2) is 0 Å². The van der Waals surface area contributed by atoms with E-state index in [2.05, 4.69) is 16.9 Å². The second-order valence-electron chi connectivity index (χ2n) is 4.58. The maximum absolute atomic E-state index is 11.3. The van der Waals surface area contributed by atoms with Gasteiger partial charge < -0.3 is 10.1 Å². The minimum Gasteiger partial charge on any atom is -0.478 e. The number of aromatic nitrogens is 2. The summed E-state index contributed by atoms with van der Waals surface area (Å²) in [5, 5.41) is 9.13. The summed E-state index contributed by atoms with van der Waals surface area (Å²) >= 11 is 0. The van der Waals surface area contributed by atoms with Crippen LogP contribution in [0.1, 0.15) is 35.7 Å². The molecule has 2 rings (SSSR count). The minimum absolute atomic E-state index is 0.00842. The molecule has 5 heteroatoms. The van der Waals surface area contributed by atoms with Crippen LogP contribution in [0.25, 0.3) is 11.3 Å². The predicted octanol–water partition coefficient (Wildman–Crippen LogP) is 2.48. The van der Waals surface area contributed by atoms with Crippen molar-refractivity contribution in [3.8, 4) is 11.3 Å². The van der Waals surface area contributed by atoms with Gasteiger partial charge in [-0.1, -0.05) is 37.6 Å². The van der Waals surface area contributed by atoms with Gasteiger partial charge in [0.1, 0.15) is 5.56 Å². The van der Waals surface area contributed by atoms with E-state index < -0.39 is 11.7 Å². The van der Waals surface area contributed by atoms with E-state index in [0.29, 0.717) is 11.3 Å². The van der Waals surface area contributed by atoms with E-state index >= 15 is 0 Å². The molecule has 1 aromatic carbocycles. The lowest BCUT2D eigenvalue weighted by Gasteiger charge is -2.06. The molecule has 20 heavy (non-hydrogen) atoms. The molecule has 1 aromatic heterocycles. The first-order valence-electron chi connectivity index (χ1n) is 6.53. The van der Waals surface area contributed by atoms with Crippen LogP contribution < -0.4 is 5.69 Å². The van der Waals surface area contributed by atoms with Crippen LogP contribution in [0.5, 0.6) is 0 Å². The van der Waals surface area contributed by atoms with Gasteiger partial charge in [-0.25, -0.2) is 14.6 Å². The third-order valence-corrected chi connectivity index (χ3v) is 3.10. The number of rotatable bonds is 5. The Hall–Kier alpha value is -2.43. The number of benzene rings is 1. The van der Waals surface area contributed by atoms with Gasteiger partial charge in [-0.2, -0.15) is 0 Å². The SMILES string of the molecule is CCCCc1ccc(-c2[nH]c(=O)ncc2C(=O)O)cc1. The van der Waals surface area contributed by atoms with Gasteiger partial charge in [0.25, 0.3) is 0 Å². The van der Waals surface area contributed by atoms with Gasteiger partial charge >= 0.3 is 11.7 Å². The van der Waals surface area contributed by atoms with E-state index in [0.717, 1.165) is 25.5 Å². The van der Waals surface area contributed by atoms with Gasteiger partial charge in [-0.15, -0.1) is 0 Å². The lowest BCUT2D eigenvalue weighted by atomic mass is 10.0. The van der Waals surface area contributed by atoms with Crippen molar-refractivity contribution in [3.63, 3.8) is 0 Å². The second-order valence-corrected chi connectivity index (χ2v) is 4.58. The number of H-pyrrole nitrogens is 1. The van der Waals surface area contributed by atoms with Crippen molar-refractivity contribution in [2.75, 3.05) is 0 Å². The van der Waals surface area contributed by atoms with E-state index in [1.807, 2.05) is 24.3 Å². The van der Waals surface area contributed by atoms with Gasteiger partial charge in [-0.3, -0.25) is 0 Å². The Bertz CT molecular complexity index is 660. The molecule has 0 fully saturated rings. The minimum atomic E-state index is -1.11. The van der Waals surface area contributed by atoms with Crippen LogP contribution in [0.4, 0.5) is 0 Å². The topological polar surface area (TPSA) is 83.0 Å². The van der Waals surface area contributed by atoms with E-state index in [1.165, 1.54) is 5.56 Å². The Morgan fingerprint density at radius 2 is 2.00 bits per heavy atom. The highest BCUT2D eigenvalue weighted by atomic mass is 16.4. The second kappa shape index (κ2) is 6.14. The number of hydrogen-bond acceptors (Lipinski definition) is 3. The predicted molar refractivity (Wildman–Crippen MR) is 75.9 cm³/mol. The first-order chi connectivity index (χ1) is 9.61. The summed E-state index contributed by atoms with van der Waals surface area (Å²) in [6, 6.07) is 7.55. The number of hydrogen-bond donors (Lipinski definition) is 2. The summed E-state index contributed by atoms with van der Waals surface area (Å²) < 4.78 is 0. The number of aromatic amines is 1. The zero-order valence-electron chi connectivity index (χ0n) is 11.2. The Kier molecular flexibility index (Phi) is 4.30. The molecule has 0 amide bonds. The number of carbonyl (C=O) groups is 1. The lowest BCUT2D eigenvalue weighted by molar-refractivity contribution is 0.0697. The molecule has 0 aliphatic heterocycles. The summed E-state index contributed by atoms with van der Waals surface area (Å²) in [7, 11) is 0. The van der Waals surface area contributed by atoms with Gasteiger partial charge in [0, 0.05) is 6.20 Å². The van der Waals surface area contributed by atoms with Gasteiger partial charge in [0.2, 0.25) is 0 Å². The molecule has 0 radical (unpaired) electrons. The third-order valence-electron chi connectivity index (χ3n) is 3.10. The Morgan fingerprint density at radius 3 is 2.60 bits per heavy atom. The fourth-order valence-corrected chi connectivity index (χ4v) is 2.00. The molecule has 0 bridgehead atoms. The summed E-state index contributed by atoms with van der Waals surface area (Å²) in [6.07, 6.45) is 4.32. The molecule has 104 valence electrons. The van der Waals surface area contributed by atoms with E-state index in [-0.39, 0.29) is 5.56 Å². The number of carboxylic acid groups (broad SMARTS) is 1. The maximum Gasteiger partial charge on any atom is 0.345 e. The van der Waals surface area contributed by atoms with E-state index in [1.54, 1.807) is 0 Å². The number of nitrogens with zero attached hydrogens (tertiary/aromatic N) is 1. The fraction of sp³-hybridized carbons (Fsp3) is 0.267. The number of aryl methyl sites for hydroxylation is 1. The number of aromatic carboxylic acids is 1. The summed E-state index contributed by atoms with van der Waals surface area (Å²) in [5.74, 6) is -1.11. The van der Waals surface area contributed by atoms with Crippen molar-refractivity contribution < 1.29 is 9.90 Å². The summed E-state index contributed by atoms with van der Waals surface area (Å²) in [5.41, 5.74) is 1.59. The first kappa shape index (κ1) is 14.0. The Morgan fingerprint density at radius 1 is 1.30 bits per heavy atom. The summed E-state index contributed by atoms with van der Waals surface area (Å²) in [6.45, 7) is 2.13. The lowest BCUT2D eigenvalue weighted by Crippen LogP contribution is -2.15. The quantitative estimate of drug-likeness (QED) is 0.875. The van der Waals surface area contributed by atoms with Crippen LogP contribution in [0, 0.1) is 0 Å². The van der Waals surface area contributed by atoms with Crippen LogP contribution in [-0.4, -0.2) is 21.0 Å². The molecule has 2 N–H and O–H groups in total. The van der Waals surface area contributed by atoms with Crippen molar-refractivity contribution in [1.82, 2.24) is 9.97 Å². The van der Waals surface area contributed by atoms with Crippen LogP contribution >= 0.6 is 0 Å². The van der Waals surface area contributed by atoms with Gasteiger partial charge in [0.05, 0.1) is 5.69 Å². The molecular formula is C15H16N2O3. The van der Waals surface area contributed by atoms with Crippen LogP contribution in [-0.2, 0) is 6.42 Å². The highest BCUT2D eigenvalue weighted by Gasteiger charge is 2.13. The zero-order valence-corrected chi connectivity index (χ0v) is 11.2. The van der Waals surface area contributed by atoms with Crippen molar-refractivity contribution in [3.05, 3.63) is 52.1 Å². The molecular weight excluding hydrogens is 256 g/mol. The number of nitrogens with one attached hydrogen (secondary N) is 1. The molecule has 0 saturated carbocycles. The normalized spacial score (nSPS) is 10.4. The highest BCUT2D eigenvalue weighted by Crippen LogP contribution is 2.20. The Labute approximate surface area is 116 Å². The molecule has 0 unspecified atom stereocenters. The van der Waals surface area contributed by atoms with Crippen LogP contribution in [0.3, 0.4) is 0 Å². The average Bonchev–Trinajstić information content (AvgIpc) is 2.45.